The first-order valence-corrected chi connectivity index (χ1v) is 8.47. The van der Waals surface area contributed by atoms with Gasteiger partial charge in [-0.2, -0.15) is 0 Å². The van der Waals surface area contributed by atoms with Crippen molar-refractivity contribution in [1.82, 2.24) is 14.5 Å². The Morgan fingerprint density at radius 3 is 2.86 bits per heavy atom. The lowest BCUT2D eigenvalue weighted by atomic mass is 10.2. The molecule has 0 saturated heterocycles. The molecule has 11 nitrogen and oxygen atoms in total. The van der Waals surface area contributed by atoms with Gasteiger partial charge in [0.25, 0.3) is 11.6 Å². The Morgan fingerprint density at radius 1 is 1.31 bits per heavy atom. The Morgan fingerprint density at radius 2 is 2.17 bits per heavy atom. The number of hydrogen-bond acceptors (Lipinski definition) is 7. The normalized spacial score (nSPS) is 12.8. The molecule has 29 heavy (non-hydrogen) atoms. The monoisotopic (exact) mass is 394 g/mol. The van der Waals surface area contributed by atoms with E-state index in [2.05, 4.69) is 15.3 Å². The lowest BCUT2D eigenvalue weighted by Gasteiger charge is -2.28. The molecule has 4 rings (SSSR count). The molecule has 2 aromatic heterocycles. The van der Waals surface area contributed by atoms with Gasteiger partial charge in [-0.3, -0.25) is 29.2 Å². The van der Waals surface area contributed by atoms with Gasteiger partial charge >= 0.3 is 0 Å². The molecule has 0 radical (unpaired) electrons. The fourth-order valence-corrected chi connectivity index (χ4v) is 2.83. The van der Waals surface area contributed by atoms with E-state index in [1.54, 1.807) is 35.4 Å². The maximum Gasteiger partial charge on any atom is 0.271 e. The van der Waals surface area contributed by atoms with Crippen molar-refractivity contribution < 1.29 is 19.2 Å². The van der Waals surface area contributed by atoms with Crippen LogP contribution in [0.5, 0.6) is 5.75 Å². The van der Waals surface area contributed by atoms with Crippen LogP contribution in [0.1, 0.15) is 0 Å². The number of aromatic nitrogens is 3. The van der Waals surface area contributed by atoms with Gasteiger partial charge < -0.3 is 10.1 Å². The number of nitrogens with zero attached hydrogens (tertiary/aromatic N) is 5. The Bertz CT molecular complexity index is 1080. The SMILES string of the molecule is O=C(CN1C(=O)COc2ccc([N+](=O)[O-])cc21)Nc1ccc(-n2ccnc2)nc1. The zero-order valence-electron chi connectivity index (χ0n) is 14.9. The van der Waals surface area contributed by atoms with Gasteiger partial charge in [-0.05, 0) is 18.2 Å². The van der Waals surface area contributed by atoms with Crippen molar-refractivity contribution in [3.8, 4) is 11.6 Å². The van der Waals surface area contributed by atoms with Gasteiger partial charge in [0.15, 0.2) is 6.61 Å². The first-order chi connectivity index (χ1) is 14.0. The van der Waals surface area contributed by atoms with E-state index in [0.717, 1.165) is 4.90 Å². The van der Waals surface area contributed by atoms with Crippen LogP contribution in [0.3, 0.4) is 0 Å². The minimum Gasteiger partial charge on any atom is -0.482 e. The number of pyridine rings is 1. The van der Waals surface area contributed by atoms with Crippen LogP contribution in [-0.4, -0.2) is 44.4 Å². The molecule has 2 amide bonds. The molecule has 0 atom stereocenters. The summed E-state index contributed by atoms with van der Waals surface area (Å²) in [5.74, 6) is -0.0175. The number of hydrogen-bond donors (Lipinski definition) is 1. The minimum absolute atomic E-state index is 0.180. The van der Waals surface area contributed by atoms with Crippen LogP contribution in [0.15, 0.2) is 55.2 Å². The zero-order chi connectivity index (χ0) is 20.4. The highest BCUT2D eigenvalue weighted by molar-refractivity contribution is 6.05. The number of rotatable bonds is 5. The third kappa shape index (κ3) is 3.74. The number of fused-ring (bicyclic) bond motifs is 1. The van der Waals surface area contributed by atoms with Gasteiger partial charge in [0.1, 0.15) is 24.4 Å². The average Bonchev–Trinajstić information content (AvgIpc) is 3.25. The third-order valence-electron chi connectivity index (χ3n) is 4.20. The average molecular weight is 394 g/mol. The molecule has 1 aromatic carbocycles. The smallest absolute Gasteiger partial charge is 0.271 e. The maximum absolute atomic E-state index is 12.4. The number of imidazole rings is 1. The summed E-state index contributed by atoms with van der Waals surface area (Å²) in [6.45, 7) is -0.571. The fraction of sp³-hybridized carbons (Fsp3) is 0.111. The van der Waals surface area contributed by atoms with Crippen LogP contribution in [0.2, 0.25) is 0 Å². The number of carbonyl (C=O) groups is 2. The van der Waals surface area contributed by atoms with Crippen LogP contribution >= 0.6 is 0 Å². The molecule has 0 fully saturated rings. The van der Waals surface area contributed by atoms with Crippen LogP contribution in [0.4, 0.5) is 17.1 Å². The van der Waals surface area contributed by atoms with Gasteiger partial charge in [-0.1, -0.05) is 0 Å². The zero-order valence-corrected chi connectivity index (χ0v) is 14.9. The van der Waals surface area contributed by atoms with E-state index >= 15 is 0 Å². The lowest BCUT2D eigenvalue weighted by molar-refractivity contribution is -0.384. The van der Waals surface area contributed by atoms with E-state index in [1.807, 2.05) is 0 Å². The van der Waals surface area contributed by atoms with Crippen molar-refractivity contribution in [1.29, 1.82) is 0 Å². The Balaban J connectivity index is 1.49. The summed E-state index contributed by atoms with van der Waals surface area (Å²) in [4.78, 5) is 44.5. The van der Waals surface area contributed by atoms with Crippen molar-refractivity contribution in [2.45, 2.75) is 0 Å². The number of nitro groups is 1. The highest BCUT2D eigenvalue weighted by Crippen LogP contribution is 2.35. The van der Waals surface area contributed by atoms with E-state index in [1.165, 1.54) is 24.4 Å². The first kappa shape index (κ1) is 18.1. The van der Waals surface area contributed by atoms with Crippen LogP contribution in [-0.2, 0) is 9.59 Å². The lowest BCUT2D eigenvalue weighted by Crippen LogP contribution is -2.43. The molecule has 1 N–H and O–H groups in total. The first-order valence-electron chi connectivity index (χ1n) is 8.47. The van der Waals surface area contributed by atoms with Crippen molar-refractivity contribution in [3.05, 3.63) is 65.4 Å². The molecule has 146 valence electrons. The summed E-state index contributed by atoms with van der Waals surface area (Å²) >= 11 is 0. The molecule has 1 aliphatic heterocycles. The number of amides is 2. The topological polar surface area (TPSA) is 132 Å². The van der Waals surface area contributed by atoms with E-state index in [9.17, 15) is 19.7 Å². The second-order valence-electron chi connectivity index (χ2n) is 6.10. The second-order valence-corrected chi connectivity index (χ2v) is 6.10. The molecule has 0 bridgehead atoms. The Labute approximate surface area is 163 Å². The maximum atomic E-state index is 12.4. The summed E-state index contributed by atoms with van der Waals surface area (Å²) in [6, 6.07) is 7.26. The van der Waals surface area contributed by atoms with Gasteiger partial charge in [0.05, 0.1) is 22.5 Å². The molecule has 3 heterocycles. The van der Waals surface area contributed by atoms with Crippen LogP contribution in [0, 0.1) is 10.1 Å². The standard InChI is InChI=1S/C18H14N6O5/c25-17(21-12-1-4-16(20-8-12)22-6-5-19-11-22)9-23-14-7-13(24(27)28)2-3-15(14)29-10-18(23)26/h1-8,11H,9-10H2,(H,21,25). The number of ether oxygens (including phenoxy) is 1. The van der Waals surface area contributed by atoms with Gasteiger partial charge in [0.2, 0.25) is 5.91 Å². The van der Waals surface area contributed by atoms with Gasteiger partial charge in [-0.25, -0.2) is 9.97 Å². The molecule has 3 aromatic rings. The summed E-state index contributed by atoms with van der Waals surface area (Å²) in [6.07, 6.45) is 6.44. The predicted molar refractivity (Wildman–Crippen MR) is 101 cm³/mol. The minimum atomic E-state index is -0.578. The van der Waals surface area contributed by atoms with E-state index in [4.69, 9.17) is 4.74 Å². The van der Waals surface area contributed by atoms with Crippen molar-refractivity contribution in [2.24, 2.45) is 0 Å². The number of nitro benzene ring substituents is 1. The number of benzene rings is 1. The van der Waals surface area contributed by atoms with Gasteiger partial charge in [-0.15, -0.1) is 0 Å². The largest absolute Gasteiger partial charge is 0.482 e. The van der Waals surface area contributed by atoms with Crippen LogP contribution in [0.25, 0.3) is 5.82 Å². The molecule has 0 aliphatic carbocycles. The molecule has 1 aliphatic rings. The van der Waals surface area contributed by atoms with Crippen LogP contribution < -0.4 is 15.0 Å². The van der Waals surface area contributed by atoms with Crippen molar-refractivity contribution in [3.63, 3.8) is 0 Å². The third-order valence-corrected chi connectivity index (χ3v) is 4.20. The second kappa shape index (κ2) is 7.38. The quantitative estimate of drug-likeness (QED) is 0.513. The van der Waals surface area contributed by atoms with Gasteiger partial charge in [0, 0.05) is 24.5 Å². The molecule has 0 spiro atoms. The van der Waals surface area contributed by atoms with E-state index < -0.39 is 16.7 Å². The summed E-state index contributed by atoms with van der Waals surface area (Å²) in [5, 5.41) is 13.7. The highest BCUT2D eigenvalue weighted by atomic mass is 16.6. The number of anilines is 2. The molecular weight excluding hydrogens is 380 g/mol. The number of carbonyl (C=O) groups excluding carboxylic acids is 2. The van der Waals surface area contributed by atoms with E-state index in [0.29, 0.717) is 17.3 Å². The highest BCUT2D eigenvalue weighted by Gasteiger charge is 2.29. The Kier molecular flexibility index (Phi) is 4.61. The van der Waals surface area contributed by atoms with E-state index in [-0.39, 0.29) is 24.5 Å². The fourth-order valence-electron chi connectivity index (χ4n) is 2.83. The van der Waals surface area contributed by atoms with Crippen molar-refractivity contribution >= 4 is 28.9 Å². The molecule has 0 saturated carbocycles. The Hall–Kier alpha value is -4.28. The number of non-ortho nitro benzene ring substituents is 1. The predicted octanol–water partition coefficient (Wildman–Crippen LogP) is 1.54. The summed E-state index contributed by atoms with van der Waals surface area (Å²) in [5.41, 5.74) is 0.421. The molecular formula is C18H14N6O5. The molecule has 11 heteroatoms. The summed E-state index contributed by atoms with van der Waals surface area (Å²) < 4.78 is 7.00. The van der Waals surface area contributed by atoms with Crippen molar-refractivity contribution in [2.75, 3.05) is 23.4 Å². The summed E-state index contributed by atoms with van der Waals surface area (Å²) in [7, 11) is 0. The molecule has 0 unspecified atom stereocenters. The number of nitrogens with one attached hydrogen (secondary N) is 1.